The van der Waals surface area contributed by atoms with Gasteiger partial charge in [-0.3, -0.25) is 0 Å². The zero-order valence-electron chi connectivity index (χ0n) is 21.4. The number of halogens is 2. The van der Waals surface area contributed by atoms with Gasteiger partial charge in [0.2, 0.25) is 0 Å². The monoisotopic (exact) mass is 549 g/mol. The Morgan fingerprint density at radius 1 is 0.816 bits per heavy atom. The SMILES string of the molecule is Clc1ccc(Cl)c(COCCCOc2ccc(C3CCNCC3OCc3ccc4ccccc4c3)cc2)c1. The van der Waals surface area contributed by atoms with Crippen LogP contribution in [0.1, 0.15) is 35.4 Å². The highest BCUT2D eigenvalue weighted by Crippen LogP contribution is 2.30. The summed E-state index contributed by atoms with van der Waals surface area (Å²) >= 11 is 12.2. The van der Waals surface area contributed by atoms with Crippen molar-refractivity contribution in [2.24, 2.45) is 0 Å². The van der Waals surface area contributed by atoms with Crippen LogP contribution in [0.4, 0.5) is 0 Å². The molecule has 198 valence electrons. The first-order chi connectivity index (χ1) is 18.7. The van der Waals surface area contributed by atoms with E-state index in [-0.39, 0.29) is 6.10 Å². The summed E-state index contributed by atoms with van der Waals surface area (Å²) in [6.07, 6.45) is 1.97. The summed E-state index contributed by atoms with van der Waals surface area (Å²) < 4.78 is 18.1. The minimum absolute atomic E-state index is 0.132. The van der Waals surface area contributed by atoms with E-state index in [1.807, 2.05) is 6.07 Å². The van der Waals surface area contributed by atoms with E-state index < -0.39 is 0 Å². The molecule has 4 aromatic carbocycles. The predicted molar refractivity (Wildman–Crippen MR) is 155 cm³/mol. The zero-order valence-corrected chi connectivity index (χ0v) is 22.9. The first kappa shape index (κ1) is 27.0. The van der Waals surface area contributed by atoms with Crippen molar-refractivity contribution in [2.45, 2.75) is 38.1 Å². The molecular weight excluding hydrogens is 517 g/mol. The van der Waals surface area contributed by atoms with Crippen molar-refractivity contribution >= 4 is 34.0 Å². The highest BCUT2D eigenvalue weighted by atomic mass is 35.5. The van der Waals surface area contributed by atoms with Crippen molar-refractivity contribution in [3.8, 4) is 5.75 Å². The summed E-state index contributed by atoms with van der Waals surface area (Å²) in [5.74, 6) is 1.23. The van der Waals surface area contributed by atoms with Crippen LogP contribution in [0, 0.1) is 0 Å². The molecule has 0 amide bonds. The average Bonchev–Trinajstić information content (AvgIpc) is 2.96. The van der Waals surface area contributed by atoms with Crippen LogP contribution in [0.3, 0.4) is 0 Å². The number of piperidine rings is 1. The lowest BCUT2D eigenvalue weighted by Gasteiger charge is -2.32. The molecule has 2 unspecified atom stereocenters. The summed E-state index contributed by atoms with van der Waals surface area (Å²) in [5, 5.41) is 7.33. The Balaban J connectivity index is 1.08. The molecular formula is C32H33Cl2NO3. The molecule has 0 spiro atoms. The van der Waals surface area contributed by atoms with E-state index in [0.717, 1.165) is 37.2 Å². The molecule has 1 aliphatic heterocycles. The number of fused-ring (bicyclic) bond motifs is 1. The highest BCUT2D eigenvalue weighted by Gasteiger charge is 2.27. The molecule has 5 rings (SSSR count). The van der Waals surface area contributed by atoms with Gasteiger partial charge in [-0.05, 0) is 76.8 Å². The molecule has 0 aliphatic carbocycles. The third-order valence-corrected chi connectivity index (χ3v) is 7.58. The third kappa shape index (κ3) is 7.28. The lowest BCUT2D eigenvalue weighted by molar-refractivity contribution is 0.0106. The number of benzene rings is 4. The minimum Gasteiger partial charge on any atom is -0.494 e. The average molecular weight is 551 g/mol. The summed E-state index contributed by atoms with van der Waals surface area (Å²) in [6.45, 7) is 4.09. The molecule has 0 aromatic heterocycles. The Kier molecular flexibility index (Phi) is 9.56. The third-order valence-electron chi connectivity index (χ3n) is 6.98. The second-order valence-corrected chi connectivity index (χ2v) is 10.5. The topological polar surface area (TPSA) is 39.7 Å². The van der Waals surface area contributed by atoms with Gasteiger partial charge in [-0.2, -0.15) is 0 Å². The lowest BCUT2D eigenvalue weighted by atomic mass is 9.87. The fourth-order valence-corrected chi connectivity index (χ4v) is 5.28. The van der Waals surface area contributed by atoms with Crippen molar-refractivity contribution in [2.75, 3.05) is 26.3 Å². The van der Waals surface area contributed by atoms with Crippen molar-refractivity contribution in [1.29, 1.82) is 0 Å². The summed E-state index contributed by atoms with van der Waals surface area (Å²) in [6, 6.07) is 28.9. The Hall–Kier alpha value is -2.60. The Morgan fingerprint density at radius 2 is 1.66 bits per heavy atom. The van der Waals surface area contributed by atoms with Crippen LogP contribution in [0.5, 0.6) is 5.75 Å². The molecule has 0 saturated carbocycles. The van der Waals surface area contributed by atoms with Gasteiger partial charge < -0.3 is 19.5 Å². The van der Waals surface area contributed by atoms with Crippen molar-refractivity contribution in [3.05, 3.63) is 112 Å². The van der Waals surface area contributed by atoms with E-state index in [1.165, 1.54) is 21.9 Å². The second kappa shape index (κ2) is 13.5. The maximum atomic E-state index is 6.44. The fourth-order valence-electron chi connectivity index (χ4n) is 4.92. The van der Waals surface area contributed by atoms with Crippen molar-refractivity contribution < 1.29 is 14.2 Å². The van der Waals surface area contributed by atoms with Crippen molar-refractivity contribution in [3.63, 3.8) is 0 Å². The van der Waals surface area contributed by atoms with Crippen LogP contribution in [0.25, 0.3) is 10.8 Å². The number of rotatable bonds is 11. The quantitative estimate of drug-likeness (QED) is 0.194. The molecule has 38 heavy (non-hydrogen) atoms. The number of hydrogen-bond donors (Lipinski definition) is 1. The number of hydrogen-bond acceptors (Lipinski definition) is 4. The lowest BCUT2D eigenvalue weighted by Crippen LogP contribution is -2.40. The Labute approximate surface area is 234 Å². The first-order valence-corrected chi connectivity index (χ1v) is 14.0. The summed E-state index contributed by atoms with van der Waals surface area (Å²) in [4.78, 5) is 0. The summed E-state index contributed by atoms with van der Waals surface area (Å²) in [7, 11) is 0. The Morgan fingerprint density at radius 3 is 2.53 bits per heavy atom. The van der Waals surface area contributed by atoms with E-state index in [0.29, 0.717) is 42.4 Å². The second-order valence-electron chi connectivity index (χ2n) is 9.69. The number of nitrogens with one attached hydrogen (secondary N) is 1. The predicted octanol–water partition coefficient (Wildman–Crippen LogP) is 7.79. The first-order valence-electron chi connectivity index (χ1n) is 13.2. The molecule has 2 atom stereocenters. The van der Waals surface area contributed by atoms with Crippen LogP contribution in [0.15, 0.2) is 84.9 Å². The van der Waals surface area contributed by atoms with E-state index in [1.54, 1.807) is 12.1 Å². The van der Waals surface area contributed by atoms with Gasteiger partial charge in [-0.1, -0.05) is 71.7 Å². The molecule has 1 heterocycles. The molecule has 0 bridgehead atoms. The minimum atomic E-state index is 0.132. The smallest absolute Gasteiger partial charge is 0.119 e. The molecule has 4 nitrogen and oxygen atoms in total. The zero-order chi connectivity index (χ0) is 26.2. The van der Waals surface area contributed by atoms with Gasteiger partial charge in [0, 0.05) is 28.9 Å². The standard InChI is InChI=1S/C32H33Cl2NO3/c33-28-10-13-31(34)27(19-28)22-36-16-3-17-37-29-11-8-25(9-12-29)30-14-15-35-20-32(30)38-21-23-6-7-24-4-1-2-5-26(24)18-23/h1-2,4-13,18-19,30,32,35H,3,14-17,20-22H2. The van der Waals surface area contributed by atoms with Gasteiger partial charge in [-0.25, -0.2) is 0 Å². The van der Waals surface area contributed by atoms with Crippen LogP contribution >= 0.6 is 23.2 Å². The molecule has 6 heteroatoms. The van der Waals surface area contributed by atoms with E-state index in [9.17, 15) is 0 Å². The maximum Gasteiger partial charge on any atom is 0.119 e. The van der Waals surface area contributed by atoms with Gasteiger partial charge in [0.25, 0.3) is 0 Å². The van der Waals surface area contributed by atoms with Gasteiger partial charge in [0.05, 0.1) is 32.5 Å². The van der Waals surface area contributed by atoms with E-state index >= 15 is 0 Å². The molecule has 0 radical (unpaired) electrons. The van der Waals surface area contributed by atoms with Crippen molar-refractivity contribution in [1.82, 2.24) is 5.32 Å². The molecule has 4 aromatic rings. The molecule has 1 aliphatic rings. The normalized spacial score (nSPS) is 17.5. The molecule has 1 fully saturated rings. The van der Waals surface area contributed by atoms with Gasteiger partial charge in [-0.15, -0.1) is 0 Å². The number of ether oxygens (including phenoxy) is 3. The highest BCUT2D eigenvalue weighted by molar-refractivity contribution is 6.33. The largest absolute Gasteiger partial charge is 0.494 e. The van der Waals surface area contributed by atoms with E-state index in [4.69, 9.17) is 37.4 Å². The van der Waals surface area contributed by atoms with Gasteiger partial charge >= 0.3 is 0 Å². The van der Waals surface area contributed by atoms with Gasteiger partial charge in [0.15, 0.2) is 0 Å². The molecule has 1 saturated heterocycles. The Bertz CT molecular complexity index is 1330. The van der Waals surface area contributed by atoms with E-state index in [2.05, 4.69) is 72.0 Å². The van der Waals surface area contributed by atoms with Crippen LogP contribution in [-0.4, -0.2) is 32.4 Å². The summed E-state index contributed by atoms with van der Waals surface area (Å²) in [5.41, 5.74) is 3.40. The van der Waals surface area contributed by atoms with Crippen LogP contribution in [-0.2, 0) is 22.7 Å². The molecule has 1 N–H and O–H groups in total. The fraction of sp³-hybridized carbons (Fsp3) is 0.312. The maximum absolute atomic E-state index is 6.44. The van der Waals surface area contributed by atoms with Crippen LogP contribution < -0.4 is 10.1 Å². The van der Waals surface area contributed by atoms with Gasteiger partial charge in [0.1, 0.15) is 5.75 Å². The van der Waals surface area contributed by atoms with Crippen LogP contribution in [0.2, 0.25) is 10.0 Å².